The number of aromatic nitrogens is 2. The molecule has 1 aromatic heterocycles. The predicted molar refractivity (Wildman–Crippen MR) is 143 cm³/mol. The number of aryl methyl sites for hydroxylation is 1. The first-order valence-corrected chi connectivity index (χ1v) is 12.4. The fourth-order valence-electron chi connectivity index (χ4n) is 4.96. The second-order valence-corrected chi connectivity index (χ2v) is 9.02. The third-order valence-electron chi connectivity index (χ3n) is 7.02. The predicted octanol–water partition coefficient (Wildman–Crippen LogP) is 5.45. The molecular formula is C30H31N3O4. The zero-order chi connectivity index (χ0) is 25.9. The van der Waals surface area contributed by atoms with Crippen LogP contribution in [0.15, 0.2) is 66.7 Å². The number of hydrogen-bond donors (Lipinski definition) is 1. The second-order valence-electron chi connectivity index (χ2n) is 9.02. The Morgan fingerprint density at radius 1 is 0.865 bits per heavy atom. The second kappa shape index (κ2) is 10.4. The van der Waals surface area contributed by atoms with E-state index >= 15 is 0 Å². The summed E-state index contributed by atoms with van der Waals surface area (Å²) in [7, 11) is 4.89. The van der Waals surface area contributed by atoms with Gasteiger partial charge in [0.1, 0.15) is 11.4 Å². The van der Waals surface area contributed by atoms with Gasteiger partial charge < -0.3 is 19.1 Å². The zero-order valence-electron chi connectivity index (χ0n) is 21.6. The number of hydrogen-bond acceptors (Lipinski definition) is 5. The van der Waals surface area contributed by atoms with Gasteiger partial charge >= 0.3 is 0 Å². The molecule has 2 heterocycles. The molecule has 1 aliphatic heterocycles. The molecule has 0 aliphatic carbocycles. The van der Waals surface area contributed by atoms with Gasteiger partial charge in [-0.05, 0) is 65.9 Å². The van der Waals surface area contributed by atoms with Gasteiger partial charge in [0.05, 0.1) is 33.1 Å². The van der Waals surface area contributed by atoms with Crippen LogP contribution in [-0.4, -0.2) is 48.9 Å². The van der Waals surface area contributed by atoms with E-state index in [0.29, 0.717) is 30.2 Å². The molecule has 7 heteroatoms. The first-order valence-electron chi connectivity index (χ1n) is 12.4. The molecule has 0 saturated heterocycles. The van der Waals surface area contributed by atoms with Crippen LogP contribution in [0.2, 0.25) is 0 Å². The Morgan fingerprint density at radius 2 is 1.57 bits per heavy atom. The molecule has 0 fully saturated rings. The highest BCUT2D eigenvalue weighted by atomic mass is 16.5. The van der Waals surface area contributed by atoms with E-state index in [4.69, 9.17) is 14.2 Å². The van der Waals surface area contributed by atoms with Crippen molar-refractivity contribution in [2.75, 3.05) is 27.9 Å². The molecule has 1 amide bonds. The number of benzene rings is 3. The van der Waals surface area contributed by atoms with Gasteiger partial charge in [0.2, 0.25) is 0 Å². The van der Waals surface area contributed by atoms with Crippen LogP contribution in [-0.2, 0) is 12.8 Å². The molecule has 0 unspecified atom stereocenters. The van der Waals surface area contributed by atoms with Crippen molar-refractivity contribution in [1.82, 2.24) is 15.1 Å². The Labute approximate surface area is 217 Å². The molecule has 0 radical (unpaired) electrons. The summed E-state index contributed by atoms with van der Waals surface area (Å²) >= 11 is 0. The Kier molecular flexibility index (Phi) is 6.86. The molecule has 5 rings (SSSR count). The van der Waals surface area contributed by atoms with Gasteiger partial charge in [-0.25, -0.2) is 0 Å². The van der Waals surface area contributed by atoms with E-state index < -0.39 is 0 Å². The quantitative estimate of drug-likeness (QED) is 0.333. The van der Waals surface area contributed by atoms with Crippen molar-refractivity contribution in [2.24, 2.45) is 0 Å². The highest BCUT2D eigenvalue weighted by Crippen LogP contribution is 2.43. The first kappa shape index (κ1) is 24.4. The number of H-pyrrole nitrogens is 1. The van der Waals surface area contributed by atoms with Crippen molar-refractivity contribution in [1.29, 1.82) is 0 Å². The van der Waals surface area contributed by atoms with Crippen LogP contribution >= 0.6 is 0 Å². The summed E-state index contributed by atoms with van der Waals surface area (Å²) < 4.78 is 16.2. The fraction of sp³-hybridized carbons (Fsp3) is 0.267. The Bertz CT molecular complexity index is 1390. The normalized spacial score (nSPS) is 14.5. The zero-order valence-corrected chi connectivity index (χ0v) is 21.6. The van der Waals surface area contributed by atoms with E-state index in [0.717, 1.165) is 40.1 Å². The van der Waals surface area contributed by atoms with E-state index in [1.165, 1.54) is 5.56 Å². The van der Waals surface area contributed by atoms with Crippen molar-refractivity contribution < 1.29 is 19.0 Å². The lowest BCUT2D eigenvalue weighted by Crippen LogP contribution is -2.31. The van der Waals surface area contributed by atoms with E-state index in [-0.39, 0.29) is 11.9 Å². The Balaban J connectivity index is 1.52. The molecule has 3 aromatic carbocycles. The van der Waals surface area contributed by atoms with Gasteiger partial charge in [-0.2, -0.15) is 5.10 Å². The van der Waals surface area contributed by atoms with Crippen molar-refractivity contribution in [3.8, 4) is 28.5 Å². The highest BCUT2D eigenvalue weighted by molar-refractivity contribution is 6.00. The number of ether oxygens (including phenoxy) is 3. The van der Waals surface area contributed by atoms with E-state index in [1.807, 2.05) is 47.4 Å². The smallest absolute Gasteiger partial charge is 0.273 e. The summed E-state index contributed by atoms with van der Waals surface area (Å²) in [6, 6.07) is 21.9. The minimum absolute atomic E-state index is 0.0488. The van der Waals surface area contributed by atoms with E-state index in [1.54, 1.807) is 21.3 Å². The van der Waals surface area contributed by atoms with Gasteiger partial charge in [-0.3, -0.25) is 9.89 Å². The number of fused-ring (bicyclic) bond motifs is 1. The van der Waals surface area contributed by atoms with Gasteiger partial charge in [0, 0.05) is 17.7 Å². The first-order chi connectivity index (χ1) is 18.1. The number of amides is 1. The number of carbonyl (C=O) groups is 1. The number of aromatic amines is 1. The van der Waals surface area contributed by atoms with Crippen molar-refractivity contribution >= 4 is 5.91 Å². The minimum Gasteiger partial charge on any atom is -0.497 e. The number of nitrogens with one attached hydrogen (secondary N) is 1. The van der Waals surface area contributed by atoms with Gasteiger partial charge in [0.15, 0.2) is 11.5 Å². The number of methoxy groups -OCH3 is 3. The molecule has 1 N–H and O–H groups in total. The molecule has 1 aliphatic rings. The molecule has 0 spiro atoms. The Morgan fingerprint density at radius 3 is 2.22 bits per heavy atom. The lowest BCUT2D eigenvalue weighted by atomic mass is 9.95. The van der Waals surface area contributed by atoms with Gasteiger partial charge in [-0.1, -0.05) is 37.3 Å². The SMILES string of the molecule is CCc1ccc([C@@H]2c3c(-c4ccc(OC)cc4)n[nH]c3C(=O)N2CCc2ccc(OC)c(OC)c2)cc1. The number of nitrogens with zero attached hydrogens (tertiary/aromatic N) is 2. The van der Waals surface area contributed by atoms with Crippen molar-refractivity contribution in [2.45, 2.75) is 25.8 Å². The third kappa shape index (κ3) is 4.53. The molecule has 190 valence electrons. The maximum Gasteiger partial charge on any atom is 0.273 e. The summed E-state index contributed by atoms with van der Waals surface area (Å²) in [5.74, 6) is 2.08. The number of carbonyl (C=O) groups excluding carboxylic acids is 1. The maximum absolute atomic E-state index is 13.7. The summed E-state index contributed by atoms with van der Waals surface area (Å²) in [4.78, 5) is 15.6. The van der Waals surface area contributed by atoms with Crippen molar-refractivity contribution in [3.05, 3.63) is 94.7 Å². The van der Waals surface area contributed by atoms with Gasteiger partial charge in [-0.15, -0.1) is 0 Å². The van der Waals surface area contributed by atoms with Crippen LogP contribution in [0.1, 0.15) is 45.7 Å². The lowest BCUT2D eigenvalue weighted by molar-refractivity contribution is 0.0746. The van der Waals surface area contributed by atoms with Gasteiger partial charge in [0.25, 0.3) is 5.91 Å². The summed E-state index contributed by atoms with van der Waals surface area (Å²) in [6.07, 6.45) is 1.63. The monoisotopic (exact) mass is 497 g/mol. The van der Waals surface area contributed by atoms with Crippen LogP contribution in [0.3, 0.4) is 0 Å². The molecule has 0 saturated carbocycles. The van der Waals surface area contributed by atoms with Crippen LogP contribution < -0.4 is 14.2 Å². The average molecular weight is 498 g/mol. The maximum atomic E-state index is 13.7. The molecule has 0 bridgehead atoms. The summed E-state index contributed by atoms with van der Waals surface area (Å²) in [6.45, 7) is 2.68. The standard InChI is InChI=1S/C30H31N3O4/c1-5-19-6-9-22(10-7-19)29-26-27(21-11-13-23(35-2)14-12-21)31-32-28(26)30(34)33(29)17-16-20-8-15-24(36-3)25(18-20)37-4/h6-15,18,29H,5,16-17H2,1-4H3,(H,31,32)/t29-/m1/s1. The van der Waals surface area contributed by atoms with Crippen molar-refractivity contribution in [3.63, 3.8) is 0 Å². The summed E-state index contributed by atoms with van der Waals surface area (Å²) in [5, 5.41) is 7.61. The molecular weight excluding hydrogens is 466 g/mol. The third-order valence-corrected chi connectivity index (χ3v) is 7.02. The van der Waals surface area contributed by atoms with E-state index in [9.17, 15) is 4.79 Å². The largest absolute Gasteiger partial charge is 0.497 e. The topological polar surface area (TPSA) is 76.7 Å². The van der Waals surface area contributed by atoms with E-state index in [2.05, 4.69) is 41.4 Å². The number of rotatable bonds is 9. The molecule has 37 heavy (non-hydrogen) atoms. The lowest BCUT2D eigenvalue weighted by Gasteiger charge is -2.27. The Hall–Kier alpha value is -4.26. The molecule has 1 atom stereocenters. The molecule has 4 aromatic rings. The minimum atomic E-state index is -0.246. The fourth-order valence-corrected chi connectivity index (χ4v) is 4.96. The van der Waals surface area contributed by atoms with Crippen LogP contribution in [0.5, 0.6) is 17.2 Å². The molecule has 7 nitrogen and oxygen atoms in total. The summed E-state index contributed by atoms with van der Waals surface area (Å²) in [5.41, 5.74) is 6.55. The van der Waals surface area contributed by atoms with Crippen LogP contribution in [0.25, 0.3) is 11.3 Å². The van der Waals surface area contributed by atoms with Crippen LogP contribution in [0.4, 0.5) is 0 Å². The average Bonchev–Trinajstić information content (AvgIpc) is 3.50. The highest BCUT2D eigenvalue weighted by Gasteiger charge is 2.41. The van der Waals surface area contributed by atoms with Crippen LogP contribution in [0, 0.1) is 0 Å².